The Labute approximate surface area is 211 Å². The predicted octanol–water partition coefficient (Wildman–Crippen LogP) is 9.85. The highest BCUT2D eigenvalue weighted by atomic mass is 32.7. The zero-order chi connectivity index (χ0) is 28.1. The van der Waals surface area contributed by atoms with Crippen LogP contribution in [0.5, 0.6) is 0 Å². The van der Waals surface area contributed by atoms with Gasteiger partial charge in [-0.25, -0.2) is 13.4 Å². The Balaban J connectivity index is 0.00000116. The first kappa shape index (κ1) is 35.1. The van der Waals surface area contributed by atoms with Crippen LogP contribution in [-0.2, 0) is 10.1 Å². The second-order valence-electron chi connectivity index (χ2n) is 13.0. The van der Waals surface area contributed by atoms with E-state index in [1.165, 1.54) is 0 Å². The molecule has 0 radical (unpaired) electrons. The largest absolute Gasteiger partial charge is 0.741 e. The molecule has 0 bridgehead atoms. The van der Waals surface area contributed by atoms with Gasteiger partial charge < -0.3 is 4.55 Å². The molecule has 1 fully saturated rings. The molecule has 2 unspecified atom stereocenters. The van der Waals surface area contributed by atoms with Crippen LogP contribution < -0.4 is 0 Å². The fourth-order valence-electron chi connectivity index (χ4n) is 3.64. The number of hydrogen-bond acceptors (Lipinski definition) is 4. The van der Waals surface area contributed by atoms with Crippen LogP contribution >= 0.6 is 29.2 Å². The number of rotatable bonds is 1. The summed E-state index contributed by atoms with van der Waals surface area (Å²) in [6, 6.07) is 0.408. The summed E-state index contributed by atoms with van der Waals surface area (Å²) in [7, 11) is -6.42. The first-order valence-electron chi connectivity index (χ1n) is 11.3. The Morgan fingerprint density at radius 2 is 1.18 bits per heavy atom. The molecule has 0 spiro atoms. The lowest BCUT2D eigenvalue weighted by Crippen LogP contribution is -2.26. The molecule has 34 heavy (non-hydrogen) atoms. The SMILES string of the molecule is CC(C)N=C1P(C(C)(C)C)[P@](C(C)(C)C)[P@@](C(C)(C)C)[P+]1(C)C(C)(C)C.O=S(=O)([O-])C(F)(F)F. The van der Waals surface area contributed by atoms with E-state index >= 15 is 0 Å². The van der Waals surface area contributed by atoms with Crippen molar-refractivity contribution in [2.75, 3.05) is 6.66 Å². The van der Waals surface area contributed by atoms with Gasteiger partial charge in [0.25, 0.3) is 0 Å². The first-order valence-corrected chi connectivity index (χ1v) is 21.1. The Kier molecular flexibility index (Phi) is 11.0. The molecule has 0 aromatic rings. The Morgan fingerprint density at radius 1 is 0.824 bits per heavy atom. The van der Waals surface area contributed by atoms with E-state index < -0.39 is 22.6 Å². The fourth-order valence-corrected chi connectivity index (χ4v) is 57.1. The Morgan fingerprint density at radius 3 is 1.35 bits per heavy atom. The van der Waals surface area contributed by atoms with E-state index in [9.17, 15) is 13.2 Å². The fraction of sp³-hybridized carbons (Fsp3) is 0.955. The summed E-state index contributed by atoms with van der Waals surface area (Å²) in [6.45, 7) is 36.2. The highest BCUT2D eigenvalue weighted by Gasteiger charge is 2.73. The molecular weight excluding hydrogens is 539 g/mol. The third-order valence-electron chi connectivity index (χ3n) is 5.13. The van der Waals surface area contributed by atoms with Gasteiger partial charge in [-0.1, -0.05) is 62.3 Å². The van der Waals surface area contributed by atoms with Gasteiger partial charge in [-0.15, -0.1) is 0 Å². The highest BCUT2D eigenvalue weighted by Crippen LogP contribution is 3.18. The summed E-state index contributed by atoms with van der Waals surface area (Å²) in [5, 5.41) is 3.20. The zero-order valence-corrected chi connectivity index (χ0v) is 28.0. The van der Waals surface area contributed by atoms with Crippen LogP contribution in [-0.4, -0.2) is 57.0 Å². The van der Waals surface area contributed by atoms with Crippen LogP contribution in [0, 0.1) is 0 Å². The molecule has 0 N–H and O–H groups in total. The molecule has 1 rings (SSSR count). The van der Waals surface area contributed by atoms with E-state index in [1.807, 2.05) is 0 Å². The van der Waals surface area contributed by atoms with E-state index in [4.69, 9.17) is 18.0 Å². The van der Waals surface area contributed by atoms with Crippen LogP contribution in [0.3, 0.4) is 0 Å². The third kappa shape index (κ3) is 8.04. The van der Waals surface area contributed by atoms with Gasteiger partial charge in [-0.05, 0) is 44.9 Å². The van der Waals surface area contributed by atoms with Crippen molar-refractivity contribution < 1.29 is 26.1 Å². The minimum absolute atomic E-state index is 0.0630. The summed E-state index contributed by atoms with van der Waals surface area (Å²) in [5.74, 6) is 0. The van der Waals surface area contributed by atoms with Gasteiger partial charge >= 0.3 is 5.51 Å². The number of nitrogens with zero attached hydrogens (tertiary/aromatic N) is 1. The quantitative estimate of drug-likeness (QED) is 0.175. The van der Waals surface area contributed by atoms with Gasteiger partial charge in [0, 0.05) is 26.1 Å². The minimum atomic E-state index is -6.09. The minimum Gasteiger partial charge on any atom is -0.741 e. The number of hydrogen-bond donors (Lipinski definition) is 0. The lowest BCUT2D eigenvalue weighted by molar-refractivity contribution is -0.0517. The second-order valence-corrected chi connectivity index (χ2v) is 34.9. The zero-order valence-electron chi connectivity index (χ0n) is 23.6. The predicted molar refractivity (Wildman–Crippen MR) is 151 cm³/mol. The lowest BCUT2D eigenvalue weighted by atomic mass is 10.3. The van der Waals surface area contributed by atoms with Gasteiger partial charge in [0.15, 0.2) is 15.3 Å². The third-order valence-corrected chi connectivity index (χ3v) is 43.3. The summed E-state index contributed by atoms with van der Waals surface area (Å²) in [6.07, 6.45) is 0. The van der Waals surface area contributed by atoms with Crippen molar-refractivity contribution in [3.05, 3.63) is 0 Å². The van der Waals surface area contributed by atoms with E-state index in [0.29, 0.717) is 26.7 Å². The average Bonchev–Trinajstić information content (AvgIpc) is 2.75. The van der Waals surface area contributed by atoms with Crippen LogP contribution in [0.4, 0.5) is 13.2 Å². The van der Waals surface area contributed by atoms with Crippen molar-refractivity contribution in [3.63, 3.8) is 0 Å². The lowest BCUT2D eigenvalue weighted by Gasteiger charge is -2.45. The van der Waals surface area contributed by atoms with Gasteiger partial charge in [0.2, 0.25) is 0 Å². The summed E-state index contributed by atoms with van der Waals surface area (Å²) < 4.78 is 58.9. The van der Waals surface area contributed by atoms with Crippen molar-refractivity contribution in [2.24, 2.45) is 4.99 Å². The molecule has 4 atom stereocenters. The van der Waals surface area contributed by atoms with Crippen molar-refractivity contribution in [3.8, 4) is 0 Å². The van der Waals surface area contributed by atoms with Gasteiger partial charge in [-0.3, -0.25) is 0 Å². The maximum Gasteiger partial charge on any atom is 0.485 e. The van der Waals surface area contributed by atoms with Gasteiger partial charge in [0.1, 0.15) is 0 Å². The molecule has 1 aliphatic heterocycles. The molecular formula is C22H46F3NO3P4S. The summed E-state index contributed by atoms with van der Waals surface area (Å²) in [4.78, 5) is 5.50. The maximum absolute atomic E-state index is 10.7. The monoisotopic (exact) mass is 585 g/mol. The molecule has 1 heterocycles. The molecule has 4 nitrogen and oxygen atoms in total. The standard InChI is InChI=1S/C21H46NP4.CHF3O3S/c1-16(2)22-17-23(18(3,4)5)24(19(6,7)8)25(20(9,10)11)26(17,15)21(12,13)14;2-1(3,4)8(5,6)7/h16H,1-15H3;(H,5,6,7)/q+1;/p-1/t23?,24-,25+,26?;/m0./s1. The van der Waals surface area contributed by atoms with E-state index in [-0.39, 0.29) is 22.2 Å². The summed E-state index contributed by atoms with van der Waals surface area (Å²) in [5.41, 5.74) is -5.65. The molecule has 0 amide bonds. The Hall–Kier alpha value is 1.09. The molecule has 1 saturated heterocycles. The number of aliphatic imine (C=N–C) groups is 1. The Bertz CT molecular complexity index is 849. The number of alkyl halides is 3. The van der Waals surface area contributed by atoms with Crippen LogP contribution in [0.1, 0.15) is 96.9 Å². The first-order chi connectivity index (χ1) is 14.4. The average molecular weight is 586 g/mol. The van der Waals surface area contributed by atoms with E-state index in [0.717, 1.165) is 0 Å². The normalized spacial score (nSPS) is 28.8. The van der Waals surface area contributed by atoms with Gasteiger partial charge in [-0.2, -0.15) is 13.2 Å². The summed E-state index contributed by atoms with van der Waals surface area (Å²) >= 11 is 0. The molecule has 0 aliphatic carbocycles. The topological polar surface area (TPSA) is 69.6 Å². The van der Waals surface area contributed by atoms with Crippen molar-refractivity contribution in [1.29, 1.82) is 0 Å². The van der Waals surface area contributed by atoms with Gasteiger partial charge in [0.05, 0.1) is 26.1 Å². The van der Waals surface area contributed by atoms with E-state index in [1.54, 1.807) is 5.19 Å². The second kappa shape index (κ2) is 10.7. The van der Waals surface area contributed by atoms with Crippen molar-refractivity contribution in [1.82, 2.24) is 0 Å². The van der Waals surface area contributed by atoms with Crippen molar-refractivity contribution >= 4 is 44.5 Å². The van der Waals surface area contributed by atoms with Crippen LogP contribution in [0.25, 0.3) is 0 Å². The van der Waals surface area contributed by atoms with E-state index in [2.05, 4.69) is 104 Å². The number of halogens is 3. The molecule has 204 valence electrons. The molecule has 0 saturated carbocycles. The molecule has 0 aromatic heterocycles. The smallest absolute Gasteiger partial charge is 0.485 e. The molecule has 1 aliphatic rings. The van der Waals surface area contributed by atoms with Crippen LogP contribution in [0.15, 0.2) is 4.99 Å². The van der Waals surface area contributed by atoms with Crippen molar-refractivity contribution in [2.45, 2.75) is 129 Å². The highest BCUT2D eigenvalue weighted by molar-refractivity contribution is 8.92. The maximum atomic E-state index is 10.7. The molecule has 12 heteroatoms. The molecule has 0 aromatic carbocycles. The van der Waals surface area contributed by atoms with Crippen LogP contribution in [0.2, 0.25) is 0 Å².